The fourth-order valence-electron chi connectivity index (χ4n) is 1.78. The van der Waals surface area contributed by atoms with Gasteiger partial charge in [0.1, 0.15) is 5.75 Å². The molecule has 2 N–H and O–H groups in total. The summed E-state index contributed by atoms with van der Waals surface area (Å²) in [5, 5.41) is 19.0. The number of carboxylic acid groups (broad SMARTS) is 1. The largest absolute Gasteiger partial charge is 0.491 e. The number of rotatable bonds is 6. The van der Waals surface area contributed by atoms with Crippen molar-refractivity contribution in [2.45, 2.75) is 39.4 Å². The fourth-order valence-corrected chi connectivity index (χ4v) is 1.78. The Bertz CT molecular complexity index is 383. The zero-order chi connectivity index (χ0) is 13.7. The molecule has 0 spiro atoms. The lowest BCUT2D eigenvalue weighted by atomic mass is 9.93. The van der Waals surface area contributed by atoms with Crippen molar-refractivity contribution in [2.75, 3.05) is 0 Å². The minimum atomic E-state index is -0.986. The van der Waals surface area contributed by atoms with Crippen molar-refractivity contribution in [1.82, 2.24) is 0 Å². The summed E-state index contributed by atoms with van der Waals surface area (Å²) in [6.07, 6.45) is -0.510. The molecule has 4 heteroatoms. The van der Waals surface area contributed by atoms with Crippen molar-refractivity contribution >= 4 is 5.97 Å². The van der Waals surface area contributed by atoms with Crippen LogP contribution in [0.25, 0.3) is 0 Å². The lowest BCUT2D eigenvalue weighted by Crippen LogP contribution is -2.21. The molecule has 1 aromatic carbocycles. The number of aliphatic carboxylic acids is 1. The van der Waals surface area contributed by atoms with Gasteiger partial charge in [-0.2, -0.15) is 0 Å². The monoisotopic (exact) mass is 252 g/mol. The summed E-state index contributed by atoms with van der Waals surface area (Å²) in [5.74, 6) is -1.04. The molecule has 0 aromatic heterocycles. The summed E-state index contributed by atoms with van der Waals surface area (Å²) in [6.45, 7) is 5.61. The van der Waals surface area contributed by atoms with Crippen LogP contribution in [0.4, 0.5) is 0 Å². The molecule has 2 atom stereocenters. The Morgan fingerprint density at radius 2 is 1.83 bits per heavy atom. The second kappa shape index (κ2) is 6.40. The molecule has 0 heterocycles. The van der Waals surface area contributed by atoms with Crippen LogP contribution in [0.5, 0.6) is 5.75 Å². The number of hydrogen-bond donors (Lipinski definition) is 2. The van der Waals surface area contributed by atoms with Gasteiger partial charge in [-0.1, -0.05) is 19.1 Å². The first-order valence-electron chi connectivity index (χ1n) is 6.13. The van der Waals surface area contributed by atoms with Crippen LogP contribution in [0, 0.1) is 5.92 Å². The number of carbonyl (C=O) groups is 1. The summed E-state index contributed by atoms with van der Waals surface area (Å²) in [7, 11) is 0. The van der Waals surface area contributed by atoms with Crippen LogP contribution in [-0.2, 0) is 4.79 Å². The maximum Gasteiger partial charge on any atom is 0.309 e. The number of aliphatic hydroxyl groups excluding tert-OH is 1. The Morgan fingerprint density at radius 3 is 2.22 bits per heavy atom. The molecule has 0 saturated carbocycles. The van der Waals surface area contributed by atoms with E-state index < -0.39 is 18.0 Å². The molecule has 0 amide bonds. The van der Waals surface area contributed by atoms with Gasteiger partial charge in [0.05, 0.1) is 18.1 Å². The zero-order valence-electron chi connectivity index (χ0n) is 11.0. The van der Waals surface area contributed by atoms with E-state index in [1.807, 2.05) is 13.8 Å². The summed E-state index contributed by atoms with van der Waals surface area (Å²) in [5.41, 5.74) is 0.598. The van der Waals surface area contributed by atoms with E-state index in [2.05, 4.69) is 0 Å². The minimum Gasteiger partial charge on any atom is -0.491 e. The minimum absolute atomic E-state index is 0.0863. The molecule has 0 aliphatic rings. The number of ether oxygens (including phenoxy) is 1. The predicted octanol–water partition coefficient (Wildman–Crippen LogP) is 2.62. The standard InChI is InChI=1S/C14H20O4/c1-4-12(14(16)17)13(15)10-5-7-11(8-6-10)18-9(2)3/h5-9,12-13,15H,4H2,1-3H3,(H,16,17). The van der Waals surface area contributed by atoms with Crippen molar-refractivity contribution in [1.29, 1.82) is 0 Å². The second-order valence-corrected chi connectivity index (χ2v) is 4.53. The summed E-state index contributed by atoms with van der Waals surface area (Å²) in [4.78, 5) is 11.0. The molecule has 100 valence electrons. The van der Waals surface area contributed by atoms with Gasteiger partial charge in [0, 0.05) is 0 Å². The molecule has 18 heavy (non-hydrogen) atoms. The van der Waals surface area contributed by atoms with Gasteiger partial charge in [-0.05, 0) is 38.0 Å². The summed E-state index contributed by atoms with van der Waals surface area (Å²) in [6, 6.07) is 6.89. The van der Waals surface area contributed by atoms with Crippen LogP contribution in [0.2, 0.25) is 0 Å². The normalized spacial score (nSPS) is 14.3. The highest BCUT2D eigenvalue weighted by molar-refractivity contribution is 5.71. The zero-order valence-corrected chi connectivity index (χ0v) is 11.0. The fraction of sp³-hybridized carbons (Fsp3) is 0.500. The lowest BCUT2D eigenvalue weighted by molar-refractivity contribution is -0.146. The SMILES string of the molecule is CCC(C(=O)O)C(O)c1ccc(OC(C)C)cc1. The van der Waals surface area contributed by atoms with Gasteiger partial charge < -0.3 is 14.9 Å². The predicted molar refractivity (Wildman–Crippen MR) is 68.6 cm³/mol. The maximum atomic E-state index is 11.0. The van der Waals surface area contributed by atoms with Crippen LogP contribution < -0.4 is 4.74 Å². The third-order valence-corrected chi connectivity index (χ3v) is 2.73. The van der Waals surface area contributed by atoms with E-state index in [4.69, 9.17) is 9.84 Å². The van der Waals surface area contributed by atoms with Gasteiger partial charge in [-0.25, -0.2) is 0 Å². The van der Waals surface area contributed by atoms with E-state index in [0.717, 1.165) is 0 Å². The Balaban J connectivity index is 2.80. The van der Waals surface area contributed by atoms with Gasteiger partial charge in [-0.15, -0.1) is 0 Å². The van der Waals surface area contributed by atoms with Crippen LogP contribution in [0.1, 0.15) is 38.9 Å². The molecule has 0 fully saturated rings. The van der Waals surface area contributed by atoms with Crippen LogP contribution in [-0.4, -0.2) is 22.3 Å². The van der Waals surface area contributed by atoms with E-state index in [-0.39, 0.29) is 6.10 Å². The molecule has 1 rings (SSSR count). The van der Waals surface area contributed by atoms with Crippen molar-refractivity contribution in [3.63, 3.8) is 0 Å². The highest BCUT2D eigenvalue weighted by atomic mass is 16.5. The highest BCUT2D eigenvalue weighted by Crippen LogP contribution is 2.26. The van der Waals surface area contributed by atoms with Crippen molar-refractivity contribution < 1.29 is 19.7 Å². The first-order chi connectivity index (χ1) is 8.45. The summed E-state index contributed by atoms with van der Waals surface area (Å²) >= 11 is 0. The van der Waals surface area contributed by atoms with Gasteiger partial charge >= 0.3 is 5.97 Å². The second-order valence-electron chi connectivity index (χ2n) is 4.53. The van der Waals surface area contributed by atoms with E-state index in [9.17, 15) is 9.90 Å². The number of carboxylic acids is 1. The molecule has 2 unspecified atom stereocenters. The average molecular weight is 252 g/mol. The lowest BCUT2D eigenvalue weighted by Gasteiger charge is -2.18. The Kier molecular flexibility index (Phi) is 5.16. The Morgan fingerprint density at radius 1 is 1.28 bits per heavy atom. The third-order valence-electron chi connectivity index (χ3n) is 2.73. The van der Waals surface area contributed by atoms with Crippen molar-refractivity contribution in [2.24, 2.45) is 5.92 Å². The highest BCUT2D eigenvalue weighted by Gasteiger charge is 2.25. The topological polar surface area (TPSA) is 66.8 Å². The van der Waals surface area contributed by atoms with Gasteiger partial charge in [0.2, 0.25) is 0 Å². The smallest absolute Gasteiger partial charge is 0.309 e. The molecule has 0 aliphatic heterocycles. The number of hydrogen-bond acceptors (Lipinski definition) is 3. The van der Waals surface area contributed by atoms with E-state index >= 15 is 0 Å². The molecular weight excluding hydrogens is 232 g/mol. The number of benzene rings is 1. The molecule has 1 aromatic rings. The molecular formula is C14H20O4. The first-order valence-corrected chi connectivity index (χ1v) is 6.13. The van der Waals surface area contributed by atoms with Crippen molar-refractivity contribution in [3.8, 4) is 5.75 Å². The first kappa shape index (κ1) is 14.5. The Labute approximate surface area is 107 Å². The molecule has 4 nitrogen and oxygen atoms in total. The van der Waals surface area contributed by atoms with Crippen LogP contribution >= 0.6 is 0 Å². The van der Waals surface area contributed by atoms with E-state index in [1.54, 1.807) is 31.2 Å². The van der Waals surface area contributed by atoms with Crippen molar-refractivity contribution in [3.05, 3.63) is 29.8 Å². The number of aliphatic hydroxyl groups is 1. The molecule has 0 radical (unpaired) electrons. The van der Waals surface area contributed by atoms with E-state index in [0.29, 0.717) is 17.7 Å². The van der Waals surface area contributed by atoms with Crippen LogP contribution in [0.15, 0.2) is 24.3 Å². The maximum absolute atomic E-state index is 11.0. The molecule has 0 bridgehead atoms. The van der Waals surface area contributed by atoms with Gasteiger partial charge in [0.25, 0.3) is 0 Å². The molecule has 0 saturated heterocycles. The van der Waals surface area contributed by atoms with Crippen LogP contribution in [0.3, 0.4) is 0 Å². The molecule has 0 aliphatic carbocycles. The average Bonchev–Trinajstić information content (AvgIpc) is 2.29. The summed E-state index contributed by atoms with van der Waals surface area (Å²) < 4.78 is 5.49. The quantitative estimate of drug-likeness (QED) is 0.816. The van der Waals surface area contributed by atoms with Gasteiger partial charge in [-0.3, -0.25) is 4.79 Å². The Hall–Kier alpha value is -1.55. The third kappa shape index (κ3) is 3.74. The van der Waals surface area contributed by atoms with Gasteiger partial charge in [0.15, 0.2) is 0 Å². The van der Waals surface area contributed by atoms with E-state index in [1.165, 1.54) is 0 Å².